The van der Waals surface area contributed by atoms with Crippen LogP contribution in [0.1, 0.15) is 36.8 Å². The van der Waals surface area contributed by atoms with E-state index >= 15 is 0 Å². The molecule has 1 heterocycles. The second-order valence-corrected chi connectivity index (χ2v) is 6.16. The molecule has 21 heavy (non-hydrogen) atoms. The summed E-state index contributed by atoms with van der Waals surface area (Å²) in [6.45, 7) is 4.51. The van der Waals surface area contributed by atoms with E-state index in [-0.39, 0.29) is 5.78 Å². The average Bonchev–Trinajstić information content (AvgIpc) is 2.52. The summed E-state index contributed by atoms with van der Waals surface area (Å²) in [4.78, 5) is 13.7. The van der Waals surface area contributed by atoms with Gasteiger partial charge in [-0.2, -0.15) is 0 Å². The van der Waals surface area contributed by atoms with Crippen molar-refractivity contribution in [2.45, 2.75) is 37.8 Å². The molecule has 2 fully saturated rings. The van der Waals surface area contributed by atoms with Gasteiger partial charge in [0.05, 0.1) is 18.8 Å². The summed E-state index contributed by atoms with van der Waals surface area (Å²) in [5.74, 6) is 0.267. The first-order chi connectivity index (χ1) is 10.2. The lowest BCUT2D eigenvalue weighted by Crippen LogP contribution is -2.35. The van der Waals surface area contributed by atoms with Crippen molar-refractivity contribution in [3.8, 4) is 0 Å². The minimum Gasteiger partial charge on any atom is -0.385 e. The second-order valence-electron chi connectivity index (χ2n) is 6.16. The Morgan fingerprint density at radius 1 is 1.10 bits per heavy atom. The molecule has 1 aromatic carbocycles. The fourth-order valence-electron chi connectivity index (χ4n) is 3.17. The quantitative estimate of drug-likeness (QED) is 0.922. The van der Waals surface area contributed by atoms with Crippen LogP contribution in [0.15, 0.2) is 24.3 Å². The molecule has 1 saturated carbocycles. The van der Waals surface area contributed by atoms with Crippen LogP contribution in [0.3, 0.4) is 0 Å². The van der Waals surface area contributed by atoms with Crippen molar-refractivity contribution in [1.82, 2.24) is 4.90 Å². The highest BCUT2D eigenvalue weighted by atomic mass is 16.5. The zero-order chi connectivity index (χ0) is 14.7. The van der Waals surface area contributed by atoms with Crippen LogP contribution in [0.25, 0.3) is 0 Å². The van der Waals surface area contributed by atoms with E-state index in [4.69, 9.17) is 4.74 Å². The molecule has 0 aromatic heterocycles. The maximum Gasteiger partial charge on any atom is 0.133 e. The van der Waals surface area contributed by atoms with Crippen LogP contribution < -0.4 is 0 Å². The average molecular weight is 289 g/mol. The van der Waals surface area contributed by atoms with Crippen molar-refractivity contribution in [1.29, 1.82) is 0 Å². The van der Waals surface area contributed by atoms with E-state index in [0.29, 0.717) is 25.7 Å². The second kappa shape index (κ2) is 6.26. The van der Waals surface area contributed by atoms with Gasteiger partial charge in [0.1, 0.15) is 5.78 Å². The monoisotopic (exact) mass is 289 g/mol. The lowest BCUT2D eigenvalue weighted by atomic mass is 9.79. The lowest BCUT2D eigenvalue weighted by molar-refractivity contribution is -0.125. The van der Waals surface area contributed by atoms with Crippen LogP contribution in [-0.4, -0.2) is 42.1 Å². The molecule has 1 N–H and O–H groups in total. The number of morpholine rings is 1. The van der Waals surface area contributed by atoms with Crippen molar-refractivity contribution >= 4 is 5.78 Å². The van der Waals surface area contributed by atoms with Crippen LogP contribution in [0.4, 0.5) is 0 Å². The molecule has 0 bridgehead atoms. The first-order valence-corrected chi connectivity index (χ1v) is 7.79. The topological polar surface area (TPSA) is 49.8 Å². The number of hydrogen-bond donors (Lipinski definition) is 1. The summed E-state index contributed by atoms with van der Waals surface area (Å²) >= 11 is 0. The smallest absolute Gasteiger partial charge is 0.133 e. The van der Waals surface area contributed by atoms with E-state index in [1.807, 2.05) is 12.1 Å². The van der Waals surface area contributed by atoms with Gasteiger partial charge >= 0.3 is 0 Å². The molecule has 0 amide bonds. The Kier molecular flexibility index (Phi) is 4.38. The summed E-state index contributed by atoms with van der Waals surface area (Å²) in [5.41, 5.74) is 1.39. The Balaban J connectivity index is 1.64. The van der Waals surface area contributed by atoms with Gasteiger partial charge in [0.25, 0.3) is 0 Å². The zero-order valence-electron chi connectivity index (χ0n) is 12.4. The lowest BCUT2D eigenvalue weighted by Gasteiger charge is -2.32. The molecule has 1 saturated heterocycles. The highest BCUT2D eigenvalue weighted by Gasteiger charge is 2.33. The number of aliphatic hydroxyl groups is 1. The molecular formula is C17H23NO3. The maximum absolute atomic E-state index is 11.3. The number of carbonyl (C=O) groups excluding carboxylic acids is 1. The molecule has 1 aromatic rings. The number of Topliss-reactive ketones (excluding diaryl/α,β-unsaturated/α-hetero) is 1. The summed E-state index contributed by atoms with van der Waals surface area (Å²) < 4.78 is 5.36. The predicted molar refractivity (Wildman–Crippen MR) is 79.9 cm³/mol. The number of ketones is 1. The molecule has 0 spiro atoms. The SMILES string of the molecule is O=C1CCC(O)(c2ccc(CN3CCOCC3)cc2)CC1. The first-order valence-electron chi connectivity index (χ1n) is 7.79. The molecule has 1 aliphatic heterocycles. The number of benzene rings is 1. The van der Waals surface area contributed by atoms with Gasteiger partial charge < -0.3 is 9.84 Å². The zero-order valence-corrected chi connectivity index (χ0v) is 12.4. The third-order valence-corrected chi connectivity index (χ3v) is 4.64. The van der Waals surface area contributed by atoms with Crippen molar-refractivity contribution in [3.05, 3.63) is 35.4 Å². The summed E-state index contributed by atoms with van der Waals surface area (Å²) in [7, 11) is 0. The number of hydrogen-bond acceptors (Lipinski definition) is 4. The van der Waals surface area contributed by atoms with Gasteiger partial charge in [-0.25, -0.2) is 0 Å². The molecule has 4 nitrogen and oxygen atoms in total. The molecule has 114 valence electrons. The van der Waals surface area contributed by atoms with E-state index < -0.39 is 5.60 Å². The molecular weight excluding hydrogens is 266 g/mol. The fraction of sp³-hybridized carbons (Fsp3) is 0.588. The van der Waals surface area contributed by atoms with Crippen LogP contribution in [0.2, 0.25) is 0 Å². The summed E-state index contributed by atoms with van der Waals surface area (Å²) in [6, 6.07) is 8.23. The molecule has 0 atom stereocenters. The van der Waals surface area contributed by atoms with Gasteiger partial charge in [-0.3, -0.25) is 9.69 Å². The van der Waals surface area contributed by atoms with Crippen molar-refractivity contribution in [2.24, 2.45) is 0 Å². The van der Waals surface area contributed by atoms with E-state index in [2.05, 4.69) is 17.0 Å². The molecule has 0 radical (unpaired) electrons. The Hall–Kier alpha value is -1.23. The summed E-state index contributed by atoms with van der Waals surface area (Å²) in [5, 5.41) is 10.7. The standard InChI is InChI=1S/C17H23NO3/c19-16-5-7-17(20,8-6-16)15-3-1-14(2-4-15)13-18-9-11-21-12-10-18/h1-4,20H,5-13H2. The van der Waals surface area contributed by atoms with Gasteiger partial charge in [-0.1, -0.05) is 24.3 Å². The van der Waals surface area contributed by atoms with Crippen LogP contribution in [0, 0.1) is 0 Å². The highest BCUT2D eigenvalue weighted by molar-refractivity contribution is 5.79. The molecule has 2 aliphatic rings. The fourth-order valence-corrected chi connectivity index (χ4v) is 3.17. The van der Waals surface area contributed by atoms with Crippen LogP contribution in [0.5, 0.6) is 0 Å². The number of nitrogens with zero attached hydrogens (tertiary/aromatic N) is 1. The third-order valence-electron chi connectivity index (χ3n) is 4.64. The van der Waals surface area contributed by atoms with Crippen molar-refractivity contribution in [3.63, 3.8) is 0 Å². The molecule has 0 unspecified atom stereocenters. The minimum absolute atomic E-state index is 0.267. The van der Waals surface area contributed by atoms with Gasteiger partial charge in [0, 0.05) is 32.5 Å². The first kappa shape index (κ1) is 14.7. The Labute approximate surface area is 125 Å². The van der Waals surface area contributed by atoms with E-state index in [9.17, 15) is 9.90 Å². The normalized spacial score (nSPS) is 23.2. The van der Waals surface area contributed by atoms with Crippen LogP contribution >= 0.6 is 0 Å². The van der Waals surface area contributed by atoms with E-state index in [1.165, 1.54) is 5.56 Å². The predicted octanol–water partition coefficient (Wildman–Crippen LogP) is 1.85. The third kappa shape index (κ3) is 3.51. The number of ether oxygens (including phenoxy) is 1. The van der Waals surface area contributed by atoms with Gasteiger partial charge in [0.15, 0.2) is 0 Å². The number of carbonyl (C=O) groups is 1. The Morgan fingerprint density at radius 3 is 2.33 bits per heavy atom. The number of rotatable bonds is 3. The van der Waals surface area contributed by atoms with Crippen LogP contribution in [-0.2, 0) is 21.7 Å². The van der Waals surface area contributed by atoms with Gasteiger partial charge in [-0.15, -0.1) is 0 Å². The highest BCUT2D eigenvalue weighted by Crippen LogP contribution is 2.35. The van der Waals surface area contributed by atoms with E-state index in [0.717, 1.165) is 38.4 Å². The van der Waals surface area contributed by atoms with Crippen molar-refractivity contribution < 1.29 is 14.6 Å². The molecule has 1 aliphatic carbocycles. The Morgan fingerprint density at radius 2 is 1.71 bits per heavy atom. The van der Waals surface area contributed by atoms with Crippen molar-refractivity contribution in [2.75, 3.05) is 26.3 Å². The van der Waals surface area contributed by atoms with E-state index in [1.54, 1.807) is 0 Å². The minimum atomic E-state index is -0.814. The van der Waals surface area contributed by atoms with Gasteiger partial charge in [0.2, 0.25) is 0 Å². The largest absolute Gasteiger partial charge is 0.385 e. The Bertz CT molecular complexity index is 481. The maximum atomic E-state index is 11.3. The summed E-state index contributed by atoms with van der Waals surface area (Å²) in [6.07, 6.45) is 2.08. The molecule has 3 rings (SSSR count). The molecule has 4 heteroatoms. The van der Waals surface area contributed by atoms with Gasteiger partial charge in [-0.05, 0) is 24.0 Å².